The summed E-state index contributed by atoms with van der Waals surface area (Å²) < 4.78 is 17.8. The zero-order chi connectivity index (χ0) is 31.0. The predicted octanol–water partition coefficient (Wildman–Crippen LogP) is 3.06. The van der Waals surface area contributed by atoms with E-state index in [1.54, 1.807) is 0 Å². The summed E-state index contributed by atoms with van der Waals surface area (Å²) in [5.41, 5.74) is 2.40. The van der Waals surface area contributed by atoms with Gasteiger partial charge in [-0.3, -0.25) is 4.79 Å². The number of aromatic hydroxyl groups is 4. The molecule has 0 unspecified atom stereocenters. The Bertz CT molecular complexity index is 1400. The molecular formula is C31H38O11. The summed E-state index contributed by atoms with van der Waals surface area (Å²) in [6.45, 7) is 8.92. The Morgan fingerprint density at radius 3 is 2.14 bits per heavy atom. The minimum absolute atomic E-state index is 0.0906. The Balaban J connectivity index is 1.87. The first-order valence-corrected chi connectivity index (χ1v) is 13.7. The average Bonchev–Trinajstić information content (AvgIpc) is 2.91. The number of ketones is 1. The Morgan fingerprint density at radius 1 is 0.857 bits per heavy atom. The molecule has 7 N–H and O–H groups in total. The number of carbonyl (C=O) groups is 1. The summed E-state index contributed by atoms with van der Waals surface area (Å²) in [7, 11) is 0. The van der Waals surface area contributed by atoms with Gasteiger partial charge in [0.2, 0.25) is 5.78 Å². The molecule has 2 aromatic rings. The molecule has 11 heteroatoms. The highest BCUT2D eigenvalue weighted by Gasteiger charge is 2.49. The number of aliphatic hydroxyl groups excluding tert-OH is 3. The van der Waals surface area contributed by atoms with Crippen molar-refractivity contribution in [3.8, 4) is 28.7 Å². The van der Waals surface area contributed by atoms with Gasteiger partial charge in [-0.25, -0.2) is 0 Å². The maximum absolute atomic E-state index is 14.1. The lowest BCUT2D eigenvalue weighted by molar-refractivity contribution is -0.304. The molecule has 2 aromatic carbocycles. The van der Waals surface area contributed by atoms with E-state index < -0.39 is 60.2 Å². The van der Waals surface area contributed by atoms with E-state index in [-0.39, 0.29) is 46.8 Å². The predicted molar refractivity (Wildman–Crippen MR) is 151 cm³/mol. The molecule has 1 fully saturated rings. The fourth-order valence-corrected chi connectivity index (χ4v) is 4.99. The molecule has 11 nitrogen and oxygen atoms in total. The highest BCUT2D eigenvalue weighted by atomic mass is 16.7. The Hall–Kier alpha value is -3.61. The number of fused-ring (bicyclic) bond motifs is 1. The van der Waals surface area contributed by atoms with Crippen molar-refractivity contribution in [1.29, 1.82) is 0 Å². The van der Waals surface area contributed by atoms with E-state index in [0.29, 0.717) is 5.56 Å². The van der Waals surface area contributed by atoms with Gasteiger partial charge in [-0.15, -0.1) is 0 Å². The number of phenols is 4. The normalized spacial score (nSPS) is 27.1. The Labute approximate surface area is 243 Å². The topological polar surface area (TPSA) is 186 Å². The molecule has 228 valence electrons. The summed E-state index contributed by atoms with van der Waals surface area (Å²) in [5.74, 6) is -2.56. The van der Waals surface area contributed by atoms with Crippen molar-refractivity contribution in [2.45, 2.75) is 90.4 Å². The fraction of sp³-hybridized carbons (Fsp3) is 0.452. The third-order valence-electron chi connectivity index (χ3n) is 7.42. The van der Waals surface area contributed by atoms with Gasteiger partial charge in [0.15, 0.2) is 30.0 Å². The lowest BCUT2D eigenvalue weighted by Gasteiger charge is -2.42. The van der Waals surface area contributed by atoms with Crippen LogP contribution in [0.25, 0.3) is 0 Å². The van der Waals surface area contributed by atoms with Crippen molar-refractivity contribution >= 4 is 5.78 Å². The van der Waals surface area contributed by atoms with E-state index in [1.807, 2.05) is 39.8 Å². The summed E-state index contributed by atoms with van der Waals surface area (Å²) in [4.78, 5) is 14.1. The van der Waals surface area contributed by atoms with Gasteiger partial charge in [-0.2, -0.15) is 0 Å². The largest absolute Gasteiger partial charge is 0.507 e. The van der Waals surface area contributed by atoms with Crippen LogP contribution in [0.4, 0.5) is 0 Å². The number of ether oxygens (including phenoxy) is 3. The fourth-order valence-electron chi connectivity index (χ4n) is 4.99. The monoisotopic (exact) mass is 586 g/mol. The molecule has 0 aliphatic carbocycles. The molecule has 2 aliphatic rings. The van der Waals surface area contributed by atoms with Crippen LogP contribution in [-0.2, 0) is 22.3 Å². The van der Waals surface area contributed by atoms with E-state index in [0.717, 1.165) is 17.2 Å². The molecule has 0 bridgehead atoms. The van der Waals surface area contributed by atoms with Crippen molar-refractivity contribution in [3.05, 3.63) is 63.8 Å². The number of aliphatic hydroxyl groups is 3. The Kier molecular flexibility index (Phi) is 9.19. The second kappa shape index (κ2) is 12.3. The number of hydrogen-bond acceptors (Lipinski definition) is 11. The van der Waals surface area contributed by atoms with Crippen LogP contribution in [-0.4, -0.2) is 78.3 Å². The highest BCUT2D eigenvalue weighted by Crippen LogP contribution is 2.48. The number of carbonyl (C=O) groups excluding carboxylic acids is 1. The molecule has 0 spiro atoms. The second-order valence-electron chi connectivity index (χ2n) is 11.3. The summed E-state index contributed by atoms with van der Waals surface area (Å²) in [6.07, 6.45) is -6.21. The van der Waals surface area contributed by atoms with Crippen LogP contribution in [0, 0.1) is 0 Å². The van der Waals surface area contributed by atoms with Gasteiger partial charge in [0.05, 0.1) is 6.10 Å². The second-order valence-corrected chi connectivity index (χ2v) is 11.3. The zero-order valence-corrected chi connectivity index (χ0v) is 24.1. The van der Waals surface area contributed by atoms with Gasteiger partial charge in [0.25, 0.3) is 0 Å². The Morgan fingerprint density at radius 2 is 1.50 bits per heavy atom. The number of benzene rings is 2. The molecule has 4 rings (SSSR count). The molecule has 0 amide bonds. The van der Waals surface area contributed by atoms with E-state index in [1.165, 1.54) is 19.1 Å². The van der Waals surface area contributed by atoms with Gasteiger partial charge >= 0.3 is 0 Å². The van der Waals surface area contributed by atoms with Crippen molar-refractivity contribution in [3.63, 3.8) is 0 Å². The van der Waals surface area contributed by atoms with Crippen LogP contribution < -0.4 is 4.74 Å². The maximum Gasteiger partial charge on any atom is 0.203 e. The molecule has 0 saturated carbocycles. The molecule has 0 radical (unpaired) electrons. The van der Waals surface area contributed by atoms with Crippen LogP contribution in [0.3, 0.4) is 0 Å². The van der Waals surface area contributed by atoms with Gasteiger partial charge in [-0.05, 0) is 65.2 Å². The summed E-state index contributed by atoms with van der Waals surface area (Å²) in [6, 6.07) is 3.77. The molecule has 42 heavy (non-hydrogen) atoms. The molecular weight excluding hydrogens is 548 g/mol. The quantitative estimate of drug-likeness (QED) is 0.187. The van der Waals surface area contributed by atoms with Crippen molar-refractivity contribution < 1.29 is 54.8 Å². The van der Waals surface area contributed by atoms with Crippen LogP contribution in [0.5, 0.6) is 28.7 Å². The third kappa shape index (κ3) is 6.11. The van der Waals surface area contributed by atoms with E-state index in [4.69, 9.17) is 14.2 Å². The average molecular weight is 587 g/mol. The lowest BCUT2D eigenvalue weighted by Crippen LogP contribution is -2.59. The van der Waals surface area contributed by atoms with Gasteiger partial charge in [0, 0.05) is 17.2 Å². The highest BCUT2D eigenvalue weighted by molar-refractivity contribution is 6.06. The standard InChI is InChI=1S/C31H38O11/c1-13(2)6-8-16-10-17(11-21(34)24(16)36)28-30(42-31-27(39)26(38)23(35)15(5)40-31)25(37)22-20(33)12-19(32)18(29(22)41-28)9-7-14(3)4/h6-7,10-12,15,23,26-28,30-36,38-39H,8-9H2,1-5H3/t15-,23-,26+,27+,28+,30-,31-/m0/s1. The van der Waals surface area contributed by atoms with Crippen LogP contribution >= 0.6 is 0 Å². The minimum atomic E-state index is -1.74. The van der Waals surface area contributed by atoms with Crippen molar-refractivity contribution in [1.82, 2.24) is 0 Å². The summed E-state index contributed by atoms with van der Waals surface area (Å²) in [5, 5.41) is 73.6. The van der Waals surface area contributed by atoms with E-state index >= 15 is 0 Å². The summed E-state index contributed by atoms with van der Waals surface area (Å²) >= 11 is 0. The van der Waals surface area contributed by atoms with Crippen molar-refractivity contribution in [2.75, 3.05) is 0 Å². The molecule has 2 aliphatic heterocycles. The van der Waals surface area contributed by atoms with Crippen LogP contribution in [0.2, 0.25) is 0 Å². The number of Topliss-reactive ketones (excluding diaryl/α,β-unsaturated/α-hetero) is 1. The smallest absolute Gasteiger partial charge is 0.203 e. The molecule has 7 atom stereocenters. The maximum atomic E-state index is 14.1. The van der Waals surface area contributed by atoms with E-state index in [2.05, 4.69) is 0 Å². The van der Waals surface area contributed by atoms with Gasteiger partial charge in [0.1, 0.15) is 41.1 Å². The SMILES string of the molecule is CC(C)=CCc1cc([C@H]2Oc3c(CC=C(C)C)c(O)cc(O)c3C(=O)[C@@H]2O[C@@H]2O[C@@H](C)[C@H](O)[C@@H](O)[C@H]2O)cc(O)c1O. The van der Waals surface area contributed by atoms with Gasteiger partial charge in [-0.1, -0.05) is 23.3 Å². The van der Waals surface area contributed by atoms with Gasteiger partial charge < -0.3 is 50.0 Å². The first-order valence-electron chi connectivity index (χ1n) is 13.7. The van der Waals surface area contributed by atoms with Crippen LogP contribution in [0.15, 0.2) is 41.5 Å². The number of phenolic OH excluding ortho intramolecular Hbond substituents is 4. The number of allylic oxidation sites excluding steroid dienone is 4. The third-order valence-corrected chi connectivity index (χ3v) is 7.42. The molecule has 0 aromatic heterocycles. The number of rotatable bonds is 7. The molecule has 2 heterocycles. The first-order chi connectivity index (χ1) is 19.7. The van der Waals surface area contributed by atoms with Crippen molar-refractivity contribution in [2.24, 2.45) is 0 Å². The minimum Gasteiger partial charge on any atom is -0.507 e. The molecule has 1 saturated heterocycles. The zero-order valence-electron chi connectivity index (χ0n) is 24.1. The lowest BCUT2D eigenvalue weighted by atomic mass is 9.89. The van der Waals surface area contributed by atoms with E-state index in [9.17, 15) is 40.5 Å². The first kappa shape index (κ1) is 31.3. The number of hydrogen-bond donors (Lipinski definition) is 7. The van der Waals surface area contributed by atoms with Crippen LogP contribution in [0.1, 0.15) is 67.8 Å².